The van der Waals surface area contributed by atoms with Gasteiger partial charge in [0.05, 0.1) is 24.4 Å². The van der Waals surface area contributed by atoms with E-state index in [1.807, 2.05) is 0 Å². The Kier molecular flexibility index (Phi) is 2.30. The van der Waals surface area contributed by atoms with E-state index in [4.69, 9.17) is 9.47 Å². The monoisotopic (exact) mass is 242 g/mol. The van der Waals surface area contributed by atoms with Crippen molar-refractivity contribution in [2.45, 2.75) is 73.4 Å². The van der Waals surface area contributed by atoms with Crippen LogP contribution in [0.2, 0.25) is 0 Å². The average Bonchev–Trinajstić information content (AvgIpc) is 3.19. The van der Waals surface area contributed by atoms with Crippen LogP contribution in [0.1, 0.15) is 38.5 Å². The van der Waals surface area contributed by atoms with E-state index in [0.29, 0.717) is 34.9 Å². The Labute approximate surface area is 99.1 Å². The normalized spacial score (nSPS) is 56.1. The lowest BCUT2D eigenvalue weighted by atomic mass is 10.00. The van der Waals surface area contributed by atoms with Gasteiger partial charge in [-0.3, -0.25) is 0 Å². The Bertz CT molecular complexity index is 270. The van der Waals surface area contributed by atoms with Crippen molar-refractivity contribution in [1.82, 2.24) is 0 Å². The molecule has 2 aliphatic heterocycles. The van der Waals surface area contributed by atoms with Crippen LogP contribution in [0.5, 0.6) is 0 Å². The fourth-order valence-electron chi connectivity index (χ4n) is 3.43. The van der Waals surface area contributed by atoms with Gasteiger partial charge in [0.2, 0.25) is 0 Å². The van der Waals surface area contributed by atoms with Gasteiger partial charge in [0.15, 0.2) is 0 Å². The first-order valence-corrected chi connectivity index (χ1v) is 7.79. The minimum absolute atomic E-state index is 0.407. The molecule has 0 bridgehead atoms. The Hall–Kier alpha value is 0.230. The van der Waals surface area contributed by atoms with E-state index in [1.54, 1.807) is 0 Å². The van der Waals surface area contributed by atoms with E-state index < -0.39 is 11.2 Å². The number of epoxide rings is 2. The van der Waals surface area contributed by atoms with E-state index in [0.717, 1.165) is 38.5 Å². The molecule has 0 spiro atoms. The van der Waals surface area contributed by atoms with Gasteiger partial charge >= 0.3 is 0 Å². The van der Waals surface area contributed by atoms with Crippen molar-refractivity contribution in [1.29, 1.82) is 0 Å². The van der Waals surface area contributed by atoms with Crippen molar-refractivity contribution < 1.29 is 14.0 Å². The van der Waals surface area contributed by atoms with E-state index in [2.05, 4.69) is 0 Å². The highest BCUT2D eigenvalue weighted by Crippen LogP contribution is 2.44. The summed E-state index contributed by atoms with van der Waals surface area (Å²) in [6.45, 7) is 0. The molecule has 2 saturated heterocycles. The maximum absolute atomic E-state index is 12.5. The summed E-state index contributed by atoms with van der Waals surface area (Å²) in [5.41, 5.74) is 0. The summed E-state index contributed by atoms with van der Waals surface area (Å²) in [7, 11) is 0. The first kappa shape index (κ1) is 10.2. The molecule has 90 valence electrons. The van der Waals surface area contributed by atoms with Crippen LogP contribution in [-0.4, -0.2) is 39.5 Å². The molecule has 2 saturated carbocycles. The predicted molar refractivity (Wildman–Crippen MR) is 60.7 cm³/mol. The maximum Gasteiger partial charge on any atom is 0.118 e. The highest BCUT2D eigenvalue weighted by atomic mass is 32.2. The molecular weight excluding hydrogens is 224 g/mol. The molecule has 0 aromatic heterocycles. The van der Waals surface area contributed by atoms with Gasteiger partial charge in [-0.1, -0.05) is 0 Å². The molecule has 4 heteroatoms. The van der Waals surface area contributed by atoms with Crippen molar-refractivity contribution in [3.05, 3.63) is 0 Å². The van der Waals surface area contributed by atoms with Crippen molar-refractivity contribution in [3.63, 3.8) is 0 Å². The molecule has 0 aromatic rings. The molecule has 0 amide bonds. The molecule has 0 N–H and O–H groups in total. The smallest absolute Gasteiger partial charge is 0.118 e. The van der Waals surface area contributed by atoms with E-state index in [1.165, 1.54) is 0 Å². The van der Waals surface area contributed by atoms with Gasteiger partial charge in [-0.25, -0.2) is 0 Å². The van der Waals surface area contributed by atoms with Gasteiger partial charge in [-0.2, -0.15) is 0 Å². The van der Waals surface area contributed by atoms with Crippen molar-refractivity contribution in [2.75, 3.05) is 0 Å². The van der Waals surface area contributed by atoms with Gasteiger partial charge < -0.3 is 14.0 Å². The van der Waals surface area contributed by atoms with Gasteiger partial charge in [-0.05, 0) is 36.9 Å². The minimum Gasteiger partial charge on any atom is -0.616 e. The van der Waals surface area contributed by atoms with Gasteiger partial charge in [0.1, 0.15) is 10.5 Å². The second-order valence-corrected chi connectivity index (χ2v) is 7.62. The fraction of sp³-hybridized carbons (Fsp3) is 1.00. The van der Waals surface area contributed by atoms with Crippen LogP contribution in [0, 0.1) is 0 Å². The number of rotatable bonds is 2. The summed E-state index contributed by atoms with van der Waals surface area (Å²) in [4.78, 5) is 0. The zero-order chi connectivity index (χ0) is 10.7. The van der Waals surface area contributed by atoms with Crippen LogP contribution in [0.3, 0.4) is 0 Å². The Morgan fingerprint density at radius 3 is 1.69 bits per heavy atom. The second-order valence-electron chi connectivity index (χ2n) is 5.62. The molecule has 0 radical (unpaired) electrons. The van der Waals surface area contributed by atoms with Gasteiger partial charge in [0.25, 0.3) is 0 Å². The lowest BCUT2D eigenvalue weighted by Crippen LogP contribution is -2.37. The Morgan fingerprint density at radius 2 is 1.25 bits per heavy atom. The fourth-order valence-corrected chi connectivity index (χ4v) is 5.47. The second kappa shape index (κ2) is 3.61. The molecule has 4 aliphatic rings. The number of fused-ring (bicyclic) bond motifs is 2. The molecule has 16 heavy (non-hydrogen) atoms. The lowest BCUT2D eigenvalue weighted by molar-refractivity contribution is 0.372. The summed E-state index contributed by atoms with van der Waals surface area (Å²) < 4.78 is 23.5. The summed E-state index contributed by atoms with van der Waals surface area (Å²) >= 11 is -0.641. The van der Waals surface area contributed by atoms with Crippen molar-refractivity contribution in [2.24, 2.45) is 0 Å². The summed E-state index contributed by atoms with van der Waals surface area (Å²) in [6, 6.07) is 0. The first-order valence-electron chi connectivity index (χ1n) is 6.51. The molecule has 4 rings (SSSR count). The third kappa shape index (κ3) is 1.70. The van der Waals surface area contributed by atoms with Crippen LogP contribution in [0.25, 0.3) is 0 Å². The molecule has 6 atom stereocenters. The van der Waals surface area contributed by atoms with Crippen LogP contribution in [0.15, 0.2) is 0 Å². The van der Waals surface area contributed by atoms with Crippen LogP contribution in [-0.2, 0) is 20.6 Å². The molecule has 0 aromatic carbocycles. The predicted octanol–water partition coefficient (Wildman–Crippen LogP) is 1.37. The SMILES string of the molecule is [O-][S+](C1CCC2OC2C1)C1CCC2OC2C1. The molecule has 3 nitrogen and oxygen atoms in total. The summed E-state index contributed by atoms with van der Waals surface area (Å²) in [6.07, 6.45) is 8.54. The summed E-state index contributed by atoms with van der Waals surface area (Å²) in [5.74, 6) is 0. The zero-order valence-corrected chi connectivity index (χ0v) is 10.2. The van der Waals surface area contributed by atoms with E-state index in [9.17, 15) is 4.55 Å². The number of hydrogen-bond acceptors (Lipinski definition) is 3. The third-order valence-electron chi connectivity index (χ3n) is 4.57. The Balaban J connectivity index is 1.38. The zero-order valence-electron chi connectivity index (χ0n) is 9.34. The topological polar surface area (TPSA) is 48.1 Å². The number of ether oxygens (including phenoxy) is 2. The van der Waals surface area contributed by atoms with Crippen molar-refractivity contribution in [3.8, 4) is 0 Å². The lowest BCUT2D eigenvalue weighted by Gasteiger charge is -2.30. The highest BCUT2D eigenvalue weighted by molar-refractivity contribution is 7.92. The van der Waals surface area contributed by atoms with Crippen LogP contribution in [0.4, 0.5) is 0 Å². The minimum atomic E-state index is -0.641. The third-order valence-corrected chi connectivity index (χ3v) is 6.74. The van der Waals surface area contributed by atoms with Crippen LogP contribution >= 0.6 is 0 Å². The van der Waals surface area contributed by atoms with E-state index >= 15 is 0 Å². The van der Waals surface area contributed by atoms with E-state index in [-0.39, 0.29) is 0 Å². The molecular formula is C12H18O3S. The molecule has 6 unspecified atom stereocenters. The standard InChI is InChI=1S/C12H18O3S/c13-16(7-1-3-9-11(5-7)14-9)8-2-4-10-12(6-8)15-10/h7-12H,1-6H2. The molecule has 4 fully saturated rings. The summed E-state index contributed by atoms with van der Waals surface area (Å²) in [5, 5.41) is 0.813. The Morgan fingerprint density at radius 1 is 0.750 bits per heavy atom. The largest absolute Gasteiger partial charge is 0.616 e. The quantitative estimate of drug-likeness (QED) is 0.543. The average molecular weight is 242 g/mol. The maximum atomic E-state index is 12.5. The number of hydrogen-bond donors (Lipinski definition) is 0. The molecule has 2 aliphatic carbocycles. The van der Waals surface area contributed by atoms with Crippen LogP contribution < -0.4 is 0 Å². The first-order chi connectivity index (χ1) is 7.81. The van der Waals surface area contributed by atoms with Gasteiger partial charge in [-0.15, -0.1) is 0 Å². The van der Waals surface area contributed by atoms with Gasteiger partial charge in [0, 0.05) is 12.8 Å². The molecule has 2 heterocycles. The van der Waals surface area contributed by atoms with Crippen molar-refractivity contribution >= 4 is 11.2 Å². The highest BCUT2D eigenvalue weighted by Gasteiger charge is 2.52.